The Morgan fingerprint density at radius 1 is 0.955 bits per heavy atom. The predicted molar refractivity (Wildman–Crippen MR) is 89.1 cm³/mol. The molecule has 0 spiro atoms. The largest absolute Gasteiger partial charge is 0.326 e. The highest BCUT2D eigenvalue weighted by Gasteiger charge is 2.07. The zero-order chi connectivity index (χ0) is 15.9. The molecule has 0 aliphatic rings. The minimum atomic E-state index is -0.199. The van der Waals surface area contributed by atoms with Crippen LogP contribution in [0.4, 0.5) is 11.4 Å². The van der Waals surface area contributed by atoms with Gasteiger partial charge in [0.1, 0.15) is 0 Å². The van der Waals surface area contributed by atoms with Crippen molar-refractivity contribution in [3.8, 4) is 0 Å². The topological polar surface area (TPSA) is 58.2 Å². The lowest BCUT2D eigenvalue weighted by molar-refractivity contribution is -0.114. The van der Waals surface area contributed by atoms with E-state index >= 15 is 0 Å². The van der Waals surface area contributed by atoms with Crippen LogP contribution in [-0.4, -0.2) is 11.8 Å². The summed E-state index contributed by atoms with van der Waals surface area (Å²) in [7, 11) is 0. The third-order valence-electron chi connectivity index (χ3n) is 3.20. The van der Waals surface area contributed by atoms with E-state index in [1.54, 1.807) is 24.3 Å². The Hall–Kier alpha value is -2.62. The summed E-state index contributed by atoms with van der Waals surface area (Å²) in [6.45, 7) is 3.57. The van der Waals surface area contributed by atoms with Crippen LogP contribution in [-0.2, 0) is 11.2 Å². The van der Waals surface area contributed by atoms with Crippen molar-refractivity contribution in [2.45, 2.75) is 26.7 Å². The molecule has 0 saturated heterocycles. The number of anilines is 2. The van der Waals surface area contributed by atoms with E-state index in [0.717, 1.165) is 18.5 Å². The number of aryl methyl sites for hydroxylation is 1. The van der Waals surface area contributed by atoms with Gasteiger partial charge in [0.05, 0.1) is 0 Å². The molecule has 114 valence electrons. The first kappa shape index (κ1) is 15.8. The SMILES string of the molecule is CCCc1ccc(NC(=O)c2cccc(NC(C)=O)c2)cc1. The van der Waals surface area contributed by atoms with Crippen molar-refractivity contribution in [3.63, 3.8) is 0 Å². The zero-order valence-corrected chi connectivity index (χ0v) is 12.8. The maximum Gasteiger partial charge on any atom is 0.255 e. The molecule has 0 unspecified atom stereocenters. The Labute approximate surface area is 130 Å². The summed E-state index contributed by atoms with van der Waals surface area (Å²) in [6, 6.07) is 14.7. The Morgan fingerprint density at radius 2 is 1.68 bits per heavy atom. The van der Waals surface area contributed by atoms with Crippen molar-refractivity contribution in [1.29, 1.82) is 0 Å². The van der Waals surface area contributed by atoms with Crippen LogP contribution in [0.3, 0.4) is 0 Å². The van der Waals surface area contributed by atoms with Crippen molar-refractivity contribution in [1.82, 2.24) is 0 Å². The molecular weight excluding hydrogens is 276 g/mol. The van der Waals surface area contributed by atoms with Crippen LogP contribution in [0, 0.1) is 0 Å². The van der Waals surface area contributed by atoms with E-state index < -0.39 is 0 Å². The quantitative estimate of drug-likeness (QED) is 0.880. The van der Waals surface area contributed by atoms with E-state index in [1.807, 2.05) is 24.3 Å². The van der Waals surface area contributed by atoms with Gasteiger partial charge in [-0.05, 0) is 42.3 Å². The second kappa shape index (κ2) is 7.41. The number of carbonyl (C=O) groups is 2. The van der Waals surface area contributed by atoms with Crippen LogP contribution in [0.15, 0.2) is 48.5 Å². The monoisotopic (exact) mass is 296 g/mol. The van der Waals surface area contributed by atoms with Crippen LogP contribution in [0.2, 0.25) is 0 Å². The third-order valence-corrected chi connectivity index (χ3v) is 3.20. The summed E-state index contributed by atoms with van der Waals surface area (Å²) in [5.74, 6) is -0.362. The number of hydrogen-bond donors (Lipinski definition) is 2. The molecule has 0 fully saturated rings. The molecule has 0 saturated carbocycles. The third kappa shape index (κ3) is 4.45. The maximum absolute atomic E-state index is 12.2. The average Bonchev–Trinajstić information content (AvgIpc) is 2.49. The van der Waals surface area contributed by atoms with E-state index in [-0.39, 0.29) is 11.8 Å². The van der Waals surface area contributed by atoms with Crippen LogP contribution >= 0.6 is 0 Å². The fraction of sp³-hybridized carbons (Fsp3) is 0.222. The lowest BCUT2D eigenvalue weighted by atomic mass is 10.1. The Morgan fingerprint density at radius 3 is 2.32 bits per heavy atom. The normalized spacial score (nSPS) is 10.1. The van der Waals surface area contributed by atoms with Gasteiger partial charge in [0.25, 0.3) is 5.91 Å². The molecule has 0 aliphatic heterocycles. The molecule has 0 atom stereocenters. The van der Waals surface area contributed by atoms with Crippen molar-refractivity contribution in [2.24, 2.45) is 0 Å². The molecule has 0 aromatic heterocycles. The summed E-state index contributed by atoms with van der Waals surface area (Å²) in [5.41, 5.74) is 3.13. The molecule has 2 rings (SSSR count). The van der Waals surface area contributed by atoms with Gasteiger partial charge in [0.15, 0.2) is 0 Å². The first-order valence-corrected chi connectivity index (χ1v) is 7.36. The highest BCUT2D eigenvalue weighted by molar-refractivity contribution is 6.05. The molecule has 0 bridgehead atoms. The van der Waals surface area contributed by atoms with E-state index in [1.165, 1.54) is 12.5 Å². The summed E-state index contributed by atoms with van der Waals surface area (Å²) >= 11 is 0. The van der Waals surface area contributed by atoms with Crippen LogP contribution < -0.4 is 10.6 Å². The number of hydrogen-bond acceptors (Lipinski definition) is 2. The number of carbonyl (C=O) groups excluding carboxylic acids is 2. The van der Waals surface area contributed by atoms with Gasteiger partial charge < -0.3 is 10.6 Å². The van der Waals surface area contributed by atoms with Crippen molar-refractivity contribution in [3.05, 3.63) is 59.7 Å². The van der Waals surface area contributed by atoms with Gasteiger partial charge in [0.2, 0.25) is 5.91 Å². The number of rotatable bonds is 5. The molecule has 2 N–H and O–H groups in total. The molecule has 0 heterocycles. The number of benzene rings is 2. The Kier molecular flexibility index (Phi) is 5.31. The van der Waals surface area contributed by atoms with Gasteiger partial charge in [-0.25, -0.2) is 0 Å². The summed E-state index contributed by atoms with van der Waals surface area (Å²) in [4.78, 5) is 23.3. The van der Waals surface area contributed by atoms with Crippen LogP contribution in [0.1, 0.15) is 36.2 Å². The Balaban J connectivity index is 2.06. The lowest BCUT2D eigenvalue weighted by Crippen LogP contribution is -2.13. The predicted octanol–water partition coefficient (Wildman–Crippen LogP) is 3.85. The molecule has 0 aliphatic carbocycles. The Bertz CT molecular complexity index is 663. The van der Waals surface area contributed by atoms with E-state index in [9.17, 15) is 9.59 Å². The highest BCUT2D eigenvalue weighted by Crippen LogP contribution is 2.15. The van der Waals surface area contributed by atoms with Crippen molar-refractivity contribution >= 4 is 23.2 Å². The molecule has 22 heavy (non-hydrogen) atoms. The fourth-order valence-electron chi connectivity index (χ4n) is 2.19. The van der Waals surface area contributed by atoms with Crippen molar-refractivity contribution < 1.29 is 9.59 Å². The summed E-state index contributed by atoms with van der Waals surface area (Å²) in [5, 5.41) is 5.52. The van der Waals surface area contributed by atoms with Crippen LogP contribution in [0.5, 0.6) is 0 Å². The average molecular weight is 296 g/mol. The molecule has 2 aromatic carbocycles. The van der Waals surface area contributed by atoms with Gasteiger partial charge in [-0.15, -0.1) is 0 Å². The van der Waals surface area contributed by atoms with Gasteiger partial charge in [0, 0.05) is 23.9 Å². The lowest BCUT2D eigenvalue weighted by Gasteiger charge is -2.08. The summed E-state index contributed by atoms with van der Waals surface area (Å²) < 4.78 is 0. The molecular formula is C18H20N2O2. The van der Waals surface area contributed by atoms with Crippen LogP contribution in [0.25, 0.3) is 0 Å². The van der Waals surface area contributed by atoms with Gasteiger partial charge in [-0.2, -0.15) is 0 Å². The molecule has 4 nitrogen and oxygen atoms in total. The minimum absolute atomic E-state index is 0.163. The summed E-state index contributed by atoms with van der Waals surface area (Å²) in [6.07, 6.45) is 2.13. The fourth-order valence-corrected chi connectivity index (χ4v) is 2.19. The molecule has 2 aromatic rings. The van der Waals surface area contributed by atoms with Crippen molar-refractivity contribution in [2.75, 3.05) is 10.6 Å². The van der Waals surface area contributed by atoms with Gasteiger partial charge in [-0.1, -0.05) is 31.5 Å². The standard InChI is InChI=1S/C18H20N2O2/c1-3-5-14-8-10-16(11-9-14)20-18(22)15-6-4-7-17(12-15)19-13(2)21/h4,6-12H,3,5H2,1-2H3,(H,19,21)(H,20,22). The molecule has 4 heteroatoms. The zero-order valence-electron chi connectivity index (χ0n) is 12.8. The number of nitrogens with one attached hydrogen (secondary N) is 2. The second-order valence-electron chi connectivity index (χ2n) is 5.16. The van der Waals surface area contributed by atoms with E-state index in [4.69, 9.17) is 0 Å². The smallest absolute Gasteiger partial charge is 0.255 e. The van der Waals surface area contributed by atoms with Gasteiger partial charge >= 0.3 is 0 Å². The molecule has 2 amide bonds. The highest BCUT2D eigenvalue weighted by atomic mass is 16.2. The number of amides is 2. The minimum Gasteiger partial charge on any atom is -0.326 e. The maximum atomic E-state index is 12.2. The first-order valence-electron chi connectivity index (χ1n) is 7.36. The van der Waals surface area contributed by atoms with E-state index in [0.29, 0.717) is 11.3 Å². The molecule has 0 radical (unpaired) electrons. The second-order valence-corrected chi connectivity index (χ2v) is 5.16. The van der Waals surface area contributed by atoms with Gasteiger partial charge in [-0.3, -0.25) is 9.59 Å². The first-order chi connectivity index (χ1) is 10.6. The van der Waals surface area contributed by atoms with E-state index in [2.05, 4.69) is 17.6 Å².